The van der Waals surface area contributed by atoms with Crippen molar-refractivity contribution in [3.63, 3.8) is 0 Å². The maximum absolute atomic E-state index is 9.86. The lowest BCUT2D eigenvalue weighted by molar-refractivity contribution is 0.177. The van der Waals surface area contributed by atoms with Crippen LogP contribution >= 0.6 is 11.6 Å². The summed E-state index contributed by atoms with van der Waals surface area (Å²) in [6, 6.07) is 5.91. The molecule has 0 aliphatic carbocycles. The van der Waals surface area contributed by atoms with E-state index in [2.05, 4.69) is 17.3 Å². The molecular formula is C13H19ClN2O. The first-order valence-corrected chi connectivity index (χ1v) is 6.30. The Kier molecular flexibility index (Phi) is 4.05. The van der Waals surface area contributed by atoms with Gasteiger partial charge in [0.1, 0.15) is 0 Å². The minimum atomic E-state index is -0.490. The summed E-state index contributed by atoms with van der Waals surface area (Å²) in [7, 11) is 3.93. The molecule has 3 nitrogen and oxygen atoms in total. The van der Waals surface area contributed by atoms with Gasteiger partial charge in [0.2, 0.25) is 0 Å². The molecule has 1 heterocycles. The van der Waals surface area contributed by atoms with Gasteiger partial charge in [-0.25, -0.2) is 0 Å². The van der Waals surface area contributed by atoms with Crippen LogP contribution in [0.2, 0.25) is 5.02 Å². The second-order valence-electron chi connectivity index (χ2n) is 4.77. The number of nitrogens with one attached hydrogen (secondary N) is 1. The first kappa shape index (κ1) is 12.8. The highest BCUT2D eigenvalue weighted by molar-refractivity contribution is 6.31. The van der Waals surface area contributed by atoms with Gasteiger partial charge in [-0.1, -0.05) is 23.7 Å². The Bertz CT molecular complexity index is 391. The molecule has 0 aromatic heterocycles. The molecule has 1 atom stereocenters. The van der Waals surface area contributed by atoms with E-state index in [4.69, 9.17) is 11.6 Å². The zero-order valence-corrected chi connectivity index (χ0v) is 11.0. The molecule has 1 aromatic carbocycles. The van der Waals surface area contributed by atoms with Crippen molar-refractivity contribution in [2.75, 3.05) is 33.7 Å². The average Bonchev–Trinajstić information content (AvgIpc) is 2.25. The Balaban J connectivity index is 2.11. The maximum Gasteiger partial charge on any atom is 0.0914 e. The van der Waals surface area contributed by atoms with Crippen molar-refractivity contribution in [2.45, 2.75) is 12.0 Å². The van der Waals surface area contributed by atoms with Crippen LogP contribution in [-0.2, 0) is 0 Å². The number of aliphatic hydroxyl groups is 1. The van der Waals surface area contributed by atoms with Gasteiger partial charge in [-0.15, -0.1) is 0 Å². The highest BCUT2D eigenvalue weighted by Gasteiger charge is 2.26. The molecule has 17 heavy (non-hydrogen) atoms. The largest absolute Gasteiger partial charge is 0.387 e. The van der Waals surface area contributed by atoms with Crippen molar-refractivity contribution >= 4 is 11.6 Å². The number of rotatable bonds is 4. The minimum Gasteiger partial charge on any atom is -0.387 e. The lowest BCUT2D eigenvalue weighted by Gasteiger charge is -2.37. The number of halogens is 1. The summed E-state index contributed by atoms with van der Waals surface area (Å²) in [5, 5.41) is 13.6. The van der Waals surface area contributed by atoms with Gasteiger partial charge < -0.3 is 15.3 Å². The molecule has 1 aliphatic heterocycles. The van der Waals surface area contributed by atoms with Gasteiger partial charge in [-0.05, 0) is 31.3 Å². The quantitative estimate of drug-likeness (QED) is 0.857. The fourth-order valence-electron chi connectivity index (χ4n) is 2.29. The molecule has 0 amide bonds. The summed E-state index contributed by atoms with van der Waals surface area (Å²) in [5.41, 5.74) is 2.07. The Morgan fingerprint density at radius 3 is 2.76 bits per heavy atom. The predicted octanol–water partition coefficient (Wildman–Crippen LogP) is 1.62. The van der Waals surface area contributed by atoms with Gasteiger partial charge in [0.25, 0.3) is 0 Å². The van der Waals surface area contributed by atoms with Gasteiger partial charge in [0, 0.05) is 30.6 Å². The van der Waals surface area contributed by atoms with Crippen molar-refractivity contribution in [1.82, 2.24) is 10.2 Å². The Morgan fingerprint density at radius 2 is 2.24 bits per heavy atom. The van der Waals surface area contributed by atoms with E-state index in [0.29, 0.717) is 12.5 Å². The molecule has 1 aliphatic rings. The van der Waals surface area contributed by atoms with E-state index in [0.717, 1.165) is 23.7 Å². The number of likely N-dealkylation sites (tertiary alicyclic amines) is 1. The topological polar surface area (TPSA) is 35.5 Å². The van der Waals surface area contributed by atoms with E-state index in [1.165, 1.54) is 5.56 Å². The summed E-state index contributed by atoms with van der Waals surface area (Å²) in [6.45, 7) is 2.68. The molecule has 1 fully saturated rings. The summed E-state index contributed by atoms with van der Waals surface area (Å²) < 4.78 is 0. The average molecular weight is 255 g/mol. The molecule has 0 saturated carbocycles. The molecule has 2 N–H and O–H groups in total. The molecule has 94 valence electrons. The number of nitrogens with zero attached hydrogens (tertiary/aromatic N) is 1. The van der Waals surface area contributed by atoms with Crippen molar-refractivity contribution in [3.8, 4) is 0 Å². The molecule has 1 unspecified atom stereocenters. The Labute approximate surface area is 107 Å². The monoisotopic (exact) mass is 254 g/mol. The van der Waals surface area contributed by atoms with E-state index < -0.39 is 6.10 Å². The second-order valence-corrected chi connectivity index (χ2v) is 5.18. The number of likely N-dealkylation sites (N-methyl/N-ethyl adjacent to an activating group) is 2. The standard InChI is InChI=1S/C13H19ClN2O/c1-15-6-13(17)9-3-4-11(12(14)5-9)10-7-16(2)8-10/h3-5,10,13,15,17H,6-8H2,1-2H3. The van der Waals surface area contributed by atoms with Crippen LogP contribution in [0.1, 0.15) is 23.1 Å². The van der Waals surface area contributed by atoms with Gasteiger partial charge in [-0.3, -0.25) is 0 Å². The first-order valence-electron chi connectivity index (χ1n) is 5.92. The van der Waals surface area contributed by atoms with Crippen LogP contribution < -0.4 is 5.32 Å². The van der Waals surface area contributed by atoms with Gasteiger partial charge in [0.15, 0.2) is 0 Å². The molecule has 0 spiro atoms. The van der Waals surface area contributed by atoms with Crippen molar-refractivity contribution in [3.05, 3.63) is 34.3 Å². The highest BCUT2D eigenvalue weighted by atomic mass is 35.5. The summed E-state index contributed by atoms with van der Waals surface area (Å²) >= 11 is 6.28. The number of hydrogen-bond acceptors (Lipinski definition) is 3. The van der Waals surface area contributed by atoms with E-state index in [1.54, 1.807) is 0 Å². The Hall–Kier alpha value is -0.610. The smallest absolute Gasteiger partial charge is 0.0914 e. The van der Waals surface area contributed by atoms with E-state index in [9.17, 15) is 5.11 Å². The third kappa shape index (κ3) is 2.80. The van der Waals surface area contributed by atoms with Crippen LogP contribution in [0.25, 0.3) is 0 Å². The van der Waals surface area contributed by atoms with Crippen molar-refractivity contribution < 1.29 is 5.11 Å². The summed E-state index contributed by atoms with van der Waals surface area (Å²) in [6.07, 6.45) is -0.490. The van der Waals surface area contributed by atoms with Crippen LogP contribution in [0, 0.1) is 0 Å². The van der Waals surface area contributed by atoms with Crippen molar-refractivity contribution in [1.29, 1.82) is 0 Å². The van der Waals surface area contributed by atoms with Crippen LogP contribution in [0.3, 0.4) is 0 Å². The van der Waals surface area contributed by atoms with E-state index in [-0.39, 0.29) is 0 Å². The van der Waals surface area contributed by atoms with E-state index in [1.807, 2.05) is 25.2 Å². The SMILES string of the molecule is CNCC(O)c1ccc(C2CN(C)C2)c(Cl)c1. The molecular weight excluding hydrogens is 236 g/mol. The van der Waals surface area contributed by atoms with Crippen LogP contribution in [-0.4, -0.2) is 43.7 Å². The van der Waals surface area contributed by atoms with Crippen LogP contribution in [0.4, 0.5) is 0 Å². The normalized spacial score (nSPS) is 19.1. The predicted molar refractivity (Wildman–Crippen MR) is 70.6 cm³/mol. The third-order valence-electron chi connectivity index (χ3n) is 3.31. The number of benzene rings is 1. The van der Waals surface area contributed by atoms with Crippen LogP contribution in [0.15, 0.2) is 18.2 Å². The molecule has 0 bridgehead atoms. The lowest BCUT2D eigenvalue weighted by atomic mass is 9.91. The van der Waals surface area contributed by atoms with Gasteiger partial charge in [0.05, 0.1) is 6.10 Å². The molecule has 4 heteroatoms. The van der Waals surface area contributed by atoms with E-state index >= 15 is 0 Å². The lowest BCUT2D eigenvalue weighted by Crippen LogP contribution is -2.41. The van der Waals surface area contributed by atoms with Gasteiger partial charge in [-0.2, -0.15) is 0 Å². The third-order valence-corrected chi connectivity index (χ3v) is 3.64. The number of aliphatic hydroxyl groups excluding tert-OH is 1. The second kappa shape index (κ2) is 5.36. The summed E-state index contributed by atoms with van der Waals surface area (Å²) in [4.78, 5) is 2.27. The molecule has 1 saturated heterocycles. The van der Waals surface area contributed by atoms with Crippen LogP contribution in [0.5, 0.6) is 0 Å². The summed E-state index contributed by atoms with van der Waals surface area (Å²) in [5.74, 6) is 0.544. The Morgan fingerprint density at radius 1 is 1.53 bits per heavy atom. The van der Waals surface area contributed by atoms with Crippen molar-refractivity contribution in [2.24, 2.45) is 0 Å². The fraction of sp³-hybridized carbons (Fsp3) is 0.538. The first-order chi connectivity index (χ1) is 8.11. The maximum atomic E-state index is 9.86. The molecule has 0 radical (unpaired) electrons. The highest BCUT2D eigenvalue weighted by Crippen LogP contribution is 2.32. The minimum absolute atomic E-state index is 0.490. The molecule has 2 rings (SSSR count). The number of hydrogen-bond donors (Lipinski definition) is 2. The fourth-order valence-corrected chi connectivity index (χ4v) is 2.63. The van der Waals surface area contributed by atoms with Gasteiger partial charge >= 0.3 is 0 Å². The molecule has 1 aromatic rings. The zero-order valence-electron chi connectivity index (χ0n) is 10.3. The zero-order chi connectivity index (χ0) is 12.4.